The number of benzene rings is 2. The van der Waals surface area contributed by atoms with Crippen LogP contribution in [0.3, 0.4) is 0 Å². The summed E-state index contributed by atoms with van der Waals surface area (Å²) in [5.74, 6) is 1.27. The van der Waals surface area contributed by atoms with Gasteiger partial charge in [0.25, 0.3) is 11.8 Å². The number of aromatic nitrogens is 3. The molecular weight excluding hydrogens is 388 g/mol. The standard InChI is InChI=1S/C21H20N4O3S/c1-21(2,3)19-24-18(28-25-19)13-9-6-5-8-12(13)17(26)23-20-22-16-14(27-4)10-7-11-15(16)29-20/h5-11H,1-4H3,(H,22,23,26). The summed E-state index contributed by atoms with van der Waals surface area (Å²) in [6.07, 6.45) is 0. The molecule has 2 aromatic heterocycles. The number of hydrogen-bond acceptors (Lipinski definition) is 7. The normalized spacial score (nSPS) is 11.6. The molecule has 4 rings (SSSR count). The van der Waals surface area contributed by atoms with Gasteiger partial charge in [-0.05, 0) is 24.3 Å². The van der Waals surface area contributed by atoms with E-state index in [0.29, 0.717) is 33.7 Å². The van der Waals surface area contributed by atoms with Crippen molar-refractivity contribution in [2.24, 2.45) is 0 Å². The van der Waals surface area contributed by atoms with Crippen molar-refractivity contribution in [1.82, 2.24) is 15.1 Å². The van der Waals surface area contributed by atoms with Gasteiger partial charge in [-0.15, -0.1) is 0 Å². The third-order valence-electron chi connectivity index (χ3n) is 4.32. The summed E-state index contributed by atoms with van der Waals surface area (Å²) in [5.41, 5.74) is 1.48. The number of rotatable bonds is 4. The average Bonchev–Trinajstić information content (AvgIpc) is 3.34. The first kappa shape index (κ1) is 19.1. The zero-order valence-corrected chi connectivity index (χ0v) is 17.3. The van der Waals surface area contributed by atoms with E-state index in [2.05, 4.69) is 20.4 Å². The lowest BCUT2D eigenvalue weighted by molar-refractivity contribution is 0.102. The molecule has 0 unspecified atom stereocenters. The van der Waals surface area contributed by atoms with Gasteiger partial charge in [-0.1, -0.05) is 55.5 Å². The van der Waals surface area contributed by atoms with E-state index in [9.17, 15) is 4.79 Å². The molecule has 1 N–H and O–H groups in total. The first-order valence-electron chi connectivity index (χ1n) is 9.05. The van der Waals surface area contributed by atoms with E-state index in [1.54, 1.807) is 25.3 Å². The molecule has 4 aromatic rings. The van der Waals surface area contributed by atoms with E-state index in [1.807, 2.05) is 45.0 Å². The second-order valence-electron chi connectivity index (χ2n) is 7.50. The van der Waals surface area contributed by atoms with Crippen molar-refractivity contribution < 1.29 is 14.1 Å². The summed E-state index contributed by atoms with van der Waals surface area (Å²) in [7, 11) is 1.60. The Balaban J connectivity index is 1.66. The molecule has 0 aliphatic rings. The molecule has 2 heterocycles. The predicted molar refractivity (Wildman–Crippen MR) is 113 cm³/mol. The number of carbonyl (C=O) groups excluding carboxylic acids is 1. The lowest BCUT2D eigenvalue weighted by Gasteiger charge is -2.11. The Morgan fingerprint density at radius 3 is 2.62 bits per heavy atom. The molecule has 2 aromatic carbocycles. The van der Waals surface area contributed by atoms with Crippen LogP contribution in [0.4, 0.5) is 5.13 Å². The minimum atomic E-state index is -0.297. The zero-order chi connectivity index (χ0) is 20.6. The third-order valence-corrected chi connectivity index (χ3v) is 5.26. The van der Waals surface area contributed by atoms with Crippen molar-refractivity contribution in [2.45, 2.75) is 26.2 Å². The van der Waals surface area contributed by atoms with Crippen LogP contribution in [0.25, 0.3) is 21.7 Å². The van der Waals surface area contributed by atoms with Crippen LogP contribution >= 0.6 is 11.3 Å². The quantitative estimate of drug-likeness (QED) is 0.516. The summed E-state index contributed by atoms with van der Waals surface area (Å²) >= 11 is 1.38. The number of para-hydroxylation sites is 1. The number of amides is 1. The molecule has 0 radical (unpaired) electrons. The Bertz CT molecular complexity index is 1190. The highest BCUT2D eigenvalue weighted by atomic mass is 32.1. The molecule has 0 fully saturated rings. The molecule has 29 heavy (non-hydrogen) atoms. The van der Waals surface area contributed by atoms with E-state index in [1.165, 1.54) is 11.3 Å². The Labute approximate surface area is 171 Å². The fourth-order valence-electron chi connectivity index (χ4n) is 2.81. The topological polar surface area (TPSA) is 90.1 Å². The number of methoxy groups -OCH3 is 1. The lowest BCUT2D eigenvalue weighted by Crippen LogP contribution is -2.14. The molecule has 148 valence electrons. The molecule has 8 heteroatoms. The SMILES string of the molecule is COc1cccc2sc(NC(=O)c3ccccc3-c3nc(C(C)(C)C)no3)nc12. The van der Waals surface area contributed by atoms with Gasteiger partial charge in [0.15, 0.2) is 11.0 Å². The summed E-state index contributed by atoms with van der Waals surface area (Å²) < 4.78 is 11.7. The summed E-state index contributed by atoms with van der Waals surface area (Å²) in [6.45, 7) is 6.00. The molecule has 0 bridgehead atoms. The highest BCUT2D eigenvalue weighted by Crippen LogP contribution is 2.33. The summed E-state index contributed by atoms with van der Waals surface area (Å²) in [6, 6.07) is 12.8. The van der Waals surface area contributed by atoms with Crippen LogP contribution in [0, 0.1) is 0 Å². The van der Waals surface area contributed by atoms with Gasteiger partial charge in [0.1, 0.15) is 11.3 Å². The Morgan fingerprint density at radius 2 is 1.90 bits per heavy atom. The molecule has 1 amide bonds. The smallest absolute Gasteiger partial charge is 0.258 e. The van der Waals surface area contributed by atoms with Crippen molar-refractivity contribution in [1.29, 1.82) is 0 Å². The van der Waals surface area contributed by atoms with E-state index in [0.717, 1.165) is 10.2 Å². The number of anilines is 1. The van der Waals surface area contributed by atoms with Crippen LogP contribution in [0.15, 0.2) is 47.0 Å². The highest BCUT2D eigenvalue weighted by molar-refractivity contribution is 7.22. The maximum Gasteiger partial charge on any atom is 0.258 e. The molecule has 0 saturated heterocycles. The molecule has 0 aliphatic heterocycles. The number of nitrogens with one attached hydrogen (secondary N) is 1. The zero-order valence-electron chi connectivity index (χ0n) is 16.5. The Kier molecular flexibility index (Phi) is 4.79. The van der Waals surface area contributed by atoms with Gasteiger partial charge in [-0.3, -0.25) is 10.1 Å². The number of nitrogens with zero attached hydrogens (tertiary/aromatic N) is 3. The minimum absolute atomic E-state index is 0.251. The van der Waals surface area contributed by atoms with E-state index in [4.69, 9.17) is 9.26 Å². The molecule has 0 atom stereocenters. The van der Waals surface area contributed by atoms with Crippen LogP contribution in [-0.4, -0.2) is 28.1 Å². The van der Waals surface area contributed by atoms with E-state index in [-0.39, 0.29) is 11.3 Å². The first-order chi connectivity index (χ1) is 13.9. The van der Waals surface area contributed by atoms with Crippen LogP contribution < -0.4 is 10.1 Å². The van der Waals surface area contributed by atoms with Crippen LogP contribution in [0.2, 0.25) is 0 Å². The number of carbonyl (C=O) groups is 1. The number of fused-ring (bicyclic) bond motifs is 1. The summed E-state index contributed by atoms with van der Waals surface area (Å²) in [4.78, 5) is 21.9. The minimum Gasteiger partial charge on any atom is -0.494 e. The monoisotopic (exact) mass is 408 g/mol. The predicted octanol–water partition coefficient (Wildman–Crippen LogP) is 4.90. The fourth-order valence-corrected chi connectivity index (χ4v) is 3.69. The van der Waals surface area contributed by atoms with Crippen molar-refractivity contribution in [3.8, 4) is 17.2 Å². The first-order valence-corrected chi connectivity index (χ1v) is 9.87. The Hall–Kier alpha value is -3.26. The van der Waals surface area contributed by atoms with Gasteiger partial charge in [0.05, 0.1) is 22.9 Å². The molecule has 7 nitrogen and oxygen atoms in total. The van der Waals surface area contributed by atoms with Gasteiger partial charge in [-0.25, -0.2) is 4.98 Å². The Morgan fingerprint density at radius 1 is 1.10 bits per heavy atom. The second kappa shape index (κ2) is 7.29. The van der Waals surface area contributed by atoms with Gasteiger partial charge >= 0.3 is 0 Å². The van der Waals surface area contributed by atoms with E-state index < -0.39 is 0 Å². The van der Waals surface area contributed by atoms with Crippen LogP contribution in [0.1, 0.15) is 37.0 Å². The fraction of sp³-hybridized carbons (Fsp3) is 0.238. The number of ether oxygens (including phenoxy) is 1. The molecule has 0 saturated carbocycles. The molecule has 0 aliphatic carbocycles. The second-order valence-corrected chi connectivity index (χ2v) is 8.53. The van der Waals surface area contributed by atoms with Crippen LogP contribution in [0.5, 0.6) is 5.75 Å². The van der Waals surface area contributed by atoms with Gasteiger partial charge in [-0.2, -0.15) is 4.98 Å². The third kappa shape index (κ3) is 3.71. The lowest BCUT2D eigenvalue weighted by atomic mass is 9.96. The van der Waals surface area contributed by atoms with Gasteiger partial charge in [0, 0.05) is 5.41 Å². The van der Waals surface area contributed by atoms with Crippen molar-refractivity contribution in [3.05, 3.63) is 53.9 Å². The summed E-state index contributed by atoms with van der Waals surface area (Å²) in [5, 5.41) is 7.41. The maximum absolute atomic E-state index is 13.0. The van der Waals surface area contributed by atoms with Gasteiger partial charge < -0.3 is 9.26 Å². The van der Waals surface area contributed by atoms with E-state index >= 15 is 0 Å². The molecule has 0 spiro atoms. The largest absolute Gasteiger partial charge is 0.494 e. The van der Waals surface area contributed by atoms with Crippen molar-refractivity contribution >= 4 is 32.6 Å². The molecular formula is C21H20N4O3S. The highest BCUT2D eigenvalue weighted by Gasteiger charge is 2.24. The van der Waals surface area contributed by atoms with Crippen LogP contribution in [-0.2, 0) is 5.41 Å². The number of hydrogen-bond donors (Lipinski definition) is 1. The van der Waals surface area contributed by atoms with Gasteiger partial charge in [0.2, 0.25) is 0 Å². The number of thiazole rings is 1. The average molecular weight is 408 g/mol. The van der Waals surface area contributed by atoms with Crippen molar-refractivity contribution in [3.63, 3.8) is 0 Å². The van der Waals surface area contributed by atoms with Crippen molar-refractivity contribution in [2.75, 3.05) is 12.4 Å². The maximum atomic E-state index is 13.0.